The number of nitrogens with one attached hydrogen (secondary N) is 2. The lowest BCUT2D eigenvalue weighted by Crippen LogP contribution is -2.42. The van der Waals surface area contributed by atoms with Crippen molar-refractivity contribution >= 4 is 45.9 Å². The van der Waals surface area contributed by atoms with Crippen molar-refractivity contribution in [3.05, 3.63) is 46.5 Å². The minimum atomic E-state index is 0. The van der Waals surface area contributed by atoms with Gasteiger partial charge in [-0.15, -0.1) is 34.2 Å². The third-order valence-corrected chi connectivity index (χ3v) is 3.94. The first-order valence-electron chi connectivity index (χ1n) is 8.24. The summed E-state index contributed by atoms with van der Waals surface area (Å²) < 4.78 is 3.14. The van der Waals surface area contributed by atoms with Gasteiger partial charge in [0, 0.05) is 30.0 Å². The Balaban J connectivity index is 0.00000312. The fourth-order valence-corrected chi connectivity index (χ4v) is 2.48. The molecule has 8 heteroatoms. The summed E-state index contributed by atoms with van der Waals surface area (Å²) in [5.41, 5.74) is 1.18. The predicted octanol–water partition coefficient (Wildman–Crippen LogP) is 3.36. The van der Waals surface area contributed by atoms with E-state index in [0.717, 1.165) is 35.8 Å². The Kier molecular flexibility index (Phi) is 10.0. The Labute approximate surface area is 175 Å². The number of nitrogens with zero attached hydrogens (tertiary/aromatic N) is 4. The highest BCUT2D eigenvalue weighted by atomic mass is 127. The number of aliphatic imine (C=N–C) groups is 1. The molecule has 0 aliphatic rings. The molecule has 2 rings (SSSR count). The zero-order valence-electron chi connectivity index (χ0n) is 14.9. The van der Waals surface area contributed by atoms with Crippen molar-refractivity contribution in [2.45, 2.75) is 46.3 Å². The first kappa shape index (κ1) is 21.9. The number of hydrogen-bond acceptors (Lipinski definition) is 3. The van der Waals surface area contributed by atoms with Crippen LogP contribution in [0.15, 0.2) is 40.1 Å². The van der Waals surface area contributed by atoms with E-state index in [4.69, 9.17) is 0 Å². The number of rotatable bonds is 7. The maximum atomic E-state index is 4.66. The number of halogens is 2. The van der Waals surface area contributed by atoms with Gasteiger partial charge in [0.05, 0.1) is 6.54 Å². The maximum absolute atomic E-state index is 4.66. The van der Waals surface area contributed by atoms with Crippen molar-refractivity contribution in [3.8, 4) is 0 Å². The second-order valence-corrected chi connectivity index (χ2v) is 6.73. The average Bonchev–Trinajstić information content (AvgIpc) is 3.01. The molecular weight excluding hydrogens is 495 g/mol. The average molecular weight is 521 g/mol. The second-order valence-electron chi connectivity index (χ2n) is 5.81. The van der Waals surface area contributed by atoms with E-state index in [9.17, 15) is 0 Å². The molecule has 0 atom stereocenters. The molecule has 2 aromatic rings. The van der Waals surface area contributed by atoms with Crippen LogP contribution in [0.4, 0.5) is 0 Å². The van der Waals surface area contributed by atoms with Gasteiger partial charge in [-0.3, -0.25) is 0 Å². The Morgan fingerprint density at radius 1 is 1.28 bits per heavy atom. The van der Waals surface area contributed by atoms with Crippen LogP contribution in [-0.2, 0) is 19.5 Å². The Hall–Kier alpha value is -1.16. The summed E-state index contributed by atoms with van der Waals surface area (Å²) in [6.45, 7) is 8.51. The van der Waals surface area contributed by atoms with Crippen molar-refractivity contribution in [1.29, 1.82) is 0 Å². The minimum absolute atomic E-state index is 0. The largest absolute Gasteiger partial charge is 0.355 e. The molecule has 0 amide bonds. The van der Waals surface area contributed by atoms with Crippen LogP contribution in [0.5, 0.6) is 0 Å². The summed E-state index contributed by atoms with van der Waals surface area (Å²) in [5, 5.41) is 14.8. The highest BCUT2D eigenvalue weighted by Gasteiger charge is 2.04. The van der Waals surface area contributed by atoms with Gasteiger partial charge >= 0.3 is 0 Å². The van der Waals surface area contributed by atoms with Crippen LogP contribution in [0, 0.1) is 0 Å². The van der Waals surface area contributed by atoms with E-state index in [1.807, 2.05) is 12.1 Å². The molecular formula is C17H26BrIN6. The summed E-state index contributed by atoms with van der Waals surface area (Å²) in [6, 6.07) is 8.54. The van der Waals surface area contributed by atoms with Crippen molar-refractivity contribution in [2.75, 3.05) is 6.54 Å². The quantitative estimate of drug-likeness (QED) is 0.334. The zero-order chi connectivity index (χ0) is 17.4. The molecule has 0 unspecified atom stereocenters. The van der Waals surface area contributed by atoms with Gasteiger partial charge in [0.1, 0.15) is 12.2 Å². The van der Waals surface area contributed by atoms with Gasteiger partial charge < -0.3 is 15.2 Å². The first-order valence-corrected chi connectivity index (χ1v) is 9.03. The van der Waals surface area contributed by atoms with Crippen LogP contribution >= 0.6 is 39.9 Å². The molecule has 0 aliphatic carbocycles. The number of benzene rings is 1. The molecule has 1 aromatic heterocycles. The lowest BCUT2D eigenvalue weighted by atomic mass is 10.2. The summed E-state index contributed by atoms with van der Waals surface area (Å²) in [5.74, 6) is 1.82. The fourth-order valence-electron chi connectivity index (χ4n) is 2.22. The van der Waals surface area contributed by atoms with Gasteiger partial charge in [-0.05, 0) is 31.5 Å². The van der Waals surface area contributed by atoms with Gasteiger partial charge in [0.15, 0.2) is 5.96 Å². The monoisotopic (exact) mass is 520 g/mol. The van der Waals surface area contributed by atoms with Crippen molar-refractivity contribution in [1.82, 2.24) is 25.4 Å². The lowest BCUT2D eigenvalue weighted by Gasteiger charge is -2.15. The topological polar surface area (TPSA) is 67.1 Å². The van der Waals surface area contributed by atoms with Crippen LogP contribution in [0.3, 0.4) is 0 Å². The Morgan fingerprint density at radius 2 is 2.00 bits per heavy atom. The molecule has 0 bridgehead atoms. The number of guanidine groups is 1. The molecule has 0 saturated heterocycles. The van der Waals surface area contributed by atoms with Gasteiger partial charge in [-0.1, -0.05) is 35.0 Å². The van der Waals surface area contributed by atoms with Crippen molar-refractivity contribution in [3.63, 3.8) is 0 Å². The zero-order valence-corrected chi connectivity index (χ0v) is 18.8. The molecule has 1 aromatic carbocycles. The smallest absolute Gasteiger partial charge is 0.191 e. The fraction of sp³-hybridized carbons (Fsp3) is 0.471. The summed E-state index contributed by atoms with van der Waals surface area (Å²) in [7, 11) is 0. The van der Waals surface area contributed by atoms with Gasteiger partial charge in [-0.25, -0.2) is 4.99 Å². The molecule has 1 heterocycles. The van der Waals surface area contributed by atoms with E-state index in [2.05, 4.69) is 79.2 Å². The van der Waals surface area contributed by atoms with E-state index < -0.39 is 0 Å². The lowest BCUT2D eigenvalue weighted by molar-refractivity contribution is 0.622. The minimum Gasteiger partial charge on any atom is -0.355 e. The van der Waals surface area contributed by atoms with Crippen LogP contribution in [0.1, 0.15) is 32.2 Å². The molecule has 2 N–H and O–H groups in total. The number of aryl methyl sites for hydroxylation is 1. The van der Waals surface area contributed by atoms with Crippen LogP contribution in [0.25, 0.3) is 0 Å². The van der Waals surface area contributed by atoms with Crippen LogP contribution < -0.4 is 10.6 Å². The number of aromatic nitrogens is 3. The molecule has 25 heavy (non-hydrogen) atoms. The molecule has 0 fully saturated rings. The van der Waals surface area contributed by atoms with Gasteiger partial charge in [0.2, 0.25) is 0 Å². The predicted molar refractivity (Wildman–Crippen MR) is 116 cm³/mol. The van der Waals surface area contributed by atoms with E-state index in [-0.39, 0.29) is 24.0 Å². The van der Waals surface area contributed by atoms with Gasteiger partial charge in [0.25, 0.3) is 0 Å². The highest BCUT2D eigenvalue weighted by Crippen LogP contribution is 2.11. The summed E-state index contributed by atoms with van der Waals surface area (Å²) in [4.78, 5) is 4.66. The first-order chi connectivity index (χ1) is 11.6. The molecule has 0 aliphatic heterocycles. The maximum Gasteiger partial charge on any atom is 0.191 e. The van der Waals surface area contributed by atoms with E-state index >= 15 is 0 Å². The van der Waals surface area contributed by atoms with E-state index in [0.29, 0.717) is 12.6 Å². The van der Waals surface area contributed by atoms with E-state index in [1.54, 1.807) is 6.33 Å². The molecule has 0 spiro atoms. The molecule has 0 radical (unpaired) electrons. The molecule has 0 saturated carbocycles. The highest BCUT2D eigenvalue weighted by molar-refractivity contribution is 14.0. The van der Waals surface area contributed by atoms with Gasteiger partial charge in [-0.2, -0.15) is 0 Å². The van der Waals surface area contributed by atoms with Crippen molar-refractivity contribution < 1.29 is 0 Å². The second kappa shape index (κ2) is 11.5. The SMILES string of the molecule is CCc1nncn1CCNC(=NCc1ccc(Br)cc1)NC(C)C.I. The molecule has 138 valence electrons. The molecule has 6 nitrogen and oxygen atoms in total. The number of hydrogen-bond donors (Lipinski definition) is 2. The Morgan fingerprint density at radius 3 is 2.64 bits per heavy atom. The van der Waals surface area contributed by atoms with Crippen molar-refractivity contribution in [2.24, 2.45) is 4.99 Å². The summed E-state index contributed by atoms with van der Waals surface area (Å²) >= 11 is 3.45. The third kappa shape index (κ3) is 7.72. The third-order valence-electron chi connectivity index (χ3n) is 3.42. The van der Waals surface area contributed by atoms with Crippen LogP contribution in [-0.4, -0.2) is 33.3 Å². The Bertz CT molecular complexity index is 653. The summed E-state index contributed by atoms with van der Waals surface area (Å²) in [6.07, 6.45) is 2.66. The normalized spacial score (nSPS) is 11.3. The standard InChI is InChI=1S/C17H25BrN6.HI/c1-4-16-23-21-12-24(16)10-9-19-17(22-13(2)3)20-11-14-5-7-15(18)8-6-14;/h5-8,12-13H,4,9-11H2,1-3H3,(H2,19,20,22);1H. The van der Waals surface area contributed by atoms with Crippen LogP contribution in [0.2, 0.25) is 0 Å². The van der Waals surface area contributed by atoms with E-state index in [1.165, 1.54) is 5.56 Å².